The lowest BCUT2D eigenvalue weighted by Gasteiger charge is -2.56. The quantitative estimate of drug-likeness (QED) is 0.848. The number of tetrazole rings is 1. The van der Waals surface area contributed by atoms with E-state index in [-0.39, 0.29) is 5.54 Å². The molecule has 4 aliphatic rings. The predicted octanol–water partition coefficient (Wildman–Crippen LogP) is 3.27. The van der Waals surface area contributed by atoms with Crippen molar-refractivity contribution >= 4 is 0 Å². The second-order valence-corrected chi connectivity index (χ2v) is 7.42. The molecular formula is C17H20N4. The average molecular weight is 280 g/mol. The summed E-state index contributed by atoms with van der Waals surface area (Å²) in [6, 6.07) is 10.4. The van der Waals surface area contributed by atoms with Gasteiger partial charge in [0.2, 0.25) is 0 Å². The average Bonchev–Trinajstić information content (AvgIpc) is 2.97. The van der Waals surface area contributed by atoms with Gasteiger partial charge >= 0.3 is 0 Å². The van der Waals surface area contributed by atoms with Crippen molar-refractivity contribution in [1.29, 1.82) is 0 Å². The molecule has 4 saturated carbocycles. The molecule has 4 nitrogen and oxygen atoms in total. The Kier molecular flexibility index (Phi) is 2.35. The fourth-order valence-corrected chi connectivity index (χ4v) is 5.60. The molecule has 4 aliphatic carbocycles. The smallest absolute Gasteiger partial charge is 0.182 e. The molecule has 21 heavy (non-hydrogen) atoms. The predicted molar refractivity (Wildman–Crippen MR) is 79.4 cm³/mol. The Labute approximate surface area is 124 Å². The van der Waals surface area contributed by atoms with Gasteiger partial charge in [-0.25, -0.2) is 4.68 Å². The molecule has 1 aromatic carbocycles. The van der Waals surface area contributed by atoms with Crippen LogP contribution >= 0.6 is 0 Å². The van der Waals surface area contributed by atoms with Crippen LogP contribution < -0.4 is 0 Å². The van der Waals surface area contributed by atoms with Crippen molar-refractivity contribution in [3.05, 3.63) is 30.3 Å². The van der Waals surface area contributed by atoms with Crippen molar-refractivity contribution in [3.63, 3.8) is 0 Å². The van der Waals surface area contributed by atoms with Crippen LogP contribution in [0, 0.1) is 17.8 Å². The topological polar surface area (TPSA) is 43.6 Å². The first-order valence-corrected chi connectivity index (χ1v) is 8.17. The molecule has 0 aliphatic heterocycles. The second-order valence-electron chi connectivity index (χ2n) is 7.42. The summed E-state index contributed by atoms with van der Waals surface area (Å²) in [5.41, 5.74) is 1.34. The van der Waals surface area contributed by atoms with Crippen molar-refractivity contribution in [2.45, 2.75) is 44.1 Å². The molecule has 0 spiro atoms. The van der Waals surface area contributed by atoms with E-state index in [1.165, 1.54) is 38.5 Å². The molecule has 0 unspecified atom stereocenters. The molecule has 1 heterocycles. The van der Waals surface area contributed by atoms with Gasteiger partial charge in [0, 0.05) is 5.56 Å². The van der Waals surface area contributed by atoms with E-state index < -0.39 is 0 Å². The van der Waals surface area contributed by atoms with Crippen LogP contribution in [0.25, 0.3) is 11.4 Å². The molecule has 6 rings (SSSR count). The summed E-state index contributed by atoms with van der Waals surface area (Å²) >= 11 is 0. The molecule has 4 heteroatoms. The van der Waals surface area contributed by atoms with E-state index in [1.807, 2.05) is 6.07 Å². The van der Waals surface area contributed by atoms with Gasteiger partial charge in [0.05, 0.1) is 5.54 Å². The van der Waals surface area contributed by atoms with Crippen molar-refractivity contribution in [2.75, 3.05) is 0 Å². The van der Waals surface area contributed by atoms with Crippen LogP contribution in [0.15, 0.2) is 30.3 Å². The largest absolute Gasteiger partial charge is 0.219 e. The molecule has 2 aromatic rings. The van der Waals surface area contributed by atoms with Gasteiger partial charge in [-0.15, -0.1) is 5.10 Å². The minimum absolute atomic E-state index is 0.198. The van der Waals surface area contributed by atoms with E-state index in [4.69, 9.17) is 0 Å². The minimum Gasteiger partial charge on any atom is -0.219 e. The van der Waals surface area contributed by atoms with Gasteiger partial charge < -0.3 is 0 Å². The highest BCUT2D eigenvalue weighted by atomic mass is 15.6. The molecule has 4 bridgehead atoms. The highest BCUT2D eigenvalue weighted by Crippen LogP contribution is 2.59. The summed E-state index contributed by atoms with van der Waals surface area (Å²) in [5, 5.41) is 12.8. The van der Waals surface area contributed by atoms with Crippen molar-refractivity contribution < 1.29 is 0 Å². The lowest BCUT2D eigenvalue weighted by Crippen LogP contribution is -2.52. The zero-order valence-electron chi connectivity index (χ0n) is 12.2. The Bertz CT molecular complexity index is 625. The first kappa shape index (κ1) is 11.9. The van der Waals surface area contributed by atoms with Crippen LogP contribution in [-0.2, 0) is 5.54 Å². The number of aromatic nitrogens is 4. The van der Waals surface area contributed by atoms with E-state index in [0.717, 1.165) is 29.1 Å². The van der Waals surface area contributed by atoms with E-state index >= 15 is 0 Å². The Morgan fingerprint density at radius 2 is 1.52 bits per heavy atom. The van der Waals surface area contributed by atoms with Gasteiger partial charge in [0.25, 0.3) is 0 Å². The third-order valence-corrected chi connectivity index (χ3v) is 5.96. The van der Waals surface area contributed by atoms with Crippen LogP contribution in [-0.4, -0.2) is 20.2 Å². The Hall–Kier alpha value is -1.71. The van der Waals surface area contributed by atoms with Gasteiger partial charge in [-0.2, -0.15) is 0 Å². The number of hydrogen-bond donors (Lipinski definition) is 0. The van der Waals surface area contributed by atoms with E-state index in [1.54, 1.807) is 0 Å². The second kappa shape index (κ2) is 4.15. The van der Waals surface area contributed by atoms with Crippen LogP contribution in [0.2, 0.25) is 0 Å². The van der Waals surface area contributed by atoms with Crippen molar-refractivity contribution in [1.82, 2.24) is 20.2 Å². The first-order chi connectivity index (χ1) is 10.3. The summed E-state index contributed by atoms with van der Waals surface area (Å²) in [5.74, 6) is 3.68. The maximum absolute atomic E-state index is 4.44. The highest BCUT2D eigenvalue weighted by molar-refractivity contribution is 5.54. The van der Waals surface area contributed by atoms with Gasteiger partial charge in [-0.1, -0.05) is 30.3 Å². The fraction of sp³-hybridized carbons (Fsp3) is 0.588. The maximum Gasteiger partial charge on any atom is 0.182 e. The van der Waals surface area contributed by atoms with Crippen LogP contribution in [0.4, 0.5) is 0 Å². The first-order valence-electron chi connectivity index (χ1n) is 8.17. The molecule has 0 saturated heterocycles. The van der Waals surface area contributed by atoms with E-state index in [2.05, 4.69) is 44.5 Å². The lowest BCUT2D eigenvalue weighted by atomic mass is 9.53. The molecule has 0 atom stereocenters. The van der Waals surface area contributed by atoms with Gasteiger partial charge in [-0.3, -0.25) is 0 Å². The molecule has 0 amide bonds. The van der Waals surface area contributed by atoms with Crippen LogP contribution in [0.5, 0.6) is 0 Å². The normalized spacial score (nSPS) is 37.0. The van der Waals surface area contributed by atoms with Gasteiger partial charge in [-0.05, 0) is 66.7 Å². The molecule has 0 radical (unpaired) electrons. The van der Waals surface area contributed by atoms with Crippen LogP contribution in [0.1, 0.15) is 38.5 Å². The zero-order chi connectivity index (χ0) is 13.9. The SMILES string of the molecule is c1ccc(-c2nnnn2C23CC4CC(CC(C4)C2)C3)cc1. The third kappa shape index (κ3) is 1.71. The fourth-order valence-electron chi connectivity index (χ4n) is 5.60. The van der Waals surface area contributed by atoms with Crippen molar-refractivity contribution in [3.8, 4) is 11.4 Å². The molecular weight excluding hydrogens is 260 g/mol. The summed E-state index contributed by atoms with van der Waals surface area (Å²) in [6.45, 7) is 0. The summed E-state index contributed by atoms with van der Waals surface area (Å²) < 4.78 is 2.19. The number of benzene rings is 1. The standard InChI is InChI=1S/C17H20N4/c1-2-4-15(5-3-1)16-18-19-20-21(16)17-9-12-6-13(10-17)8-14(7-12)11-17/h1-5,12-14H,6-11H2. The molecule has 0 N–H and O–H groups in total. The minimum atomic E-state index is 0.198. The van der Waals surface area contributed by atoms with Crippen molar-refractivity contribution in [2.24, 2.45) is 17.8 Å². The summed E-state index contributed by atoms with van der Waals surface area (Å²) in [7, 11) is 0. The maximum atomic E-state index is 4.44. The molecule has 1 aromatic heterocycles. The van der Waals surface area contributed by atoms with E-state index in [9.17, 15) is 0 Å². The van der Waals surface area contributed by atoms with Gasteiger partial charge in [0.1, 0.15) is 0 Å². The Morgan fingerprint density at radius 3 is 2.14 bits per heavy atom. The number of nitrogens with zero attached hydrogens (tertiary/aromatic N) is 4. The Morgan fingerprint density at radius 1 is 0.905 bits per heavy atom. The monoisotopic (exact) mass is 280 g/mol. The van der Waals surface area contributed by atoms with Gasteiger partial charge in [0.15, 0.2) is 5.82 Å². The molecule has 108 valence electrons. The summed E-state index contributed by atoms with van der Waals surface area (Å²) in [6.07, 6.45) is 8.18. The highest BCUT2D eigenvalue weighted by Gasteiger charge is 2.53. The number of rotatable bonds is 2. The van der Waals surface area contributed by atoms with E-state index in [0.29, 0.717) is 0 Å². The lowest BCUT2D eigenvalue weighted by molar-refractivity contribution is -0.0493. The number of hydrogen-bond acceptors (Lipinski definition) is 3. The van der Waals surface area contributed by atoms with Crippen LogP contribution in [0.3, 0.4) is 0 Å². The Balaban J connectivity index is 1.61. The molecule has 4 fully saturated rings. The zero-order valence-corrected chi connectivity index (χ0v) is 12.2. The third-order valence-electron chi connectivity index (χ3n) is 5.96. The summed E-state index contributed by atoms with van der Waals surface area (Å²) in [4.78, 5) is 0.